The Morgan fingerprint density at radius 3 is 2.76 bits per heavy atom. The SMILES string of the molecule is Cc1nc(N2CCCCC2)c(C(=O)Nc2cccc(C#N)c2)cc1Cl. The zero-order chi connectivity index (χ0) is 17.8. The van der Waals surface area contributed by atoms with Crippen LogP contribution in [0.1, 0.15) is 40.9 Å². The molecule has 0 unspecified atom stereocenters. The van der Waals surface area contributed by atoms with Crippen LogP contribution in [-0.4, -0.2) is 24.0 Å². The Hall–Kier alpha value is -2.58. The highest BCUT2D eigenvalue weighted by Gasteiger charge is 2.22. The summed E-state index contributed by atoms with van der Waals surface area (Å²) in [5.41, 5.74) is 2.24. The summed E-state index contributed by atoms with van der Waals surface area (Å²) in [6.07, 6.45) is 3.38. The van der Waals surface area contributed by atoms with E-state index in [2.05, 4.69) is 21.3 Å². The standard InChI is InChI=1S/C19H19ClN4O/c1-13-17(20)11-16(18(22-13)24-8-3-2-4-9-24)19(25)23-15-7-5-6-14(10-15)12-21/h5-7,10-11H,2-4,8-9H2,1H3,(H,23,25). The van der Waals surface area contributed by atoms with E-state index in [4.69, 9.17) is 16.9 Å². The molecule has 2 heterocycles. The molecule has 0 radical (unpaired) electrons. The average Bonchev–Trinajstić information content (AvgIpc) is 2.64. The molecule has 0 aliphatic carbocycles. The summed E-state index contributed by atoms with van der Waals surface area (Å²) in [6.45, 7) is 3.62. The number of aryl methyl sites for hydroxylation is 1. The summed E-state index contributed by atoms with van der Waals surface area (Å²) in [7, 11) is 0. The van der Waals surface area contributed by atoms with Crippen molar-refractivity contribution in [3.8, 4) is 6.07 Å². The van der Waals surface area contributed by atoms with Crippen molar-refractivity contribution >= 4 is 29.0 Å². The van der Waals surface area contributed by atoms with Gasteiger partial charge in [-0.2, -0.15) is 5.26 Å². The third kappa shape index (κ3) is 3.92. The fourth-order valence-corrected chi connectivity index (χ4v) is 3.10. The fraction of sp³-hybridized carbons (Fsp3) is 0.316. The number of carbonyl (C=O) groups is 1. The average molecular weight is 355 g/mol. The third-order valence-electron chi connectivity index (χ3n) is 4.28. The molecule has 0 saturated carbocycles. The Morgan fingerprint density at radius 2 is 2.04 bits per heavy atom. The van der Waals surface area contributed by atoms with Crippen molar-refractivity contribution < 1.29 is 4.79 Å². The van der Waals surface area contributed by atoms with Crippen molar-refractivity contribution in [2.75, 3.05) is 23.3 Å². The molecule has 0 atom stereocenters. The summed E-state index contributed by atoms with van der Waals surface area (Å²) < 4.78 is 0. The van der Waals surface area contributed by atoms with Gasteiger partial charge in [0, 0.05) is 18.8 Å². The normalized spacial score (nSPS) is 14.0. The number of nitrogens with one attached hydrogen (secondary N) is 1. The van der Waals surface area contributed by atoms with Gasteiger partial charge in [-0.05, 0) is 50.5 Å². The Labute approximate surface area is 152 Å². The highest BCUT2D eigenvalue weighted by molar-refractivity contribution is 6.31. The molecule has 1 N–H and O–H groups in total. The largest absolute Gasteiger partial charge is 0.356 e. The lowest BCUT2D eigenvalue weighted by Gasteiger charge is -2.29. The van der Waals surface area contributed by atoms with Crippen molar-refractivity contribution in [1.29, 1.82) is 5.26 Å². The van der Waals surface area contributed by atoms with E-state index in [1.165, 1.54) is 6.42 Å². The van der Waals surface area contributed by atoms with Crippen LogP contribution in [0.2, 0.25) is 5.02 Å². The van der Waals surface area contributed by atoms with Gasteiger partial charge in [0.05, 0.1) is 27.9 Å². The molecule has 1 fully saturated rings. The molecule has 2 aromatic rings. The number of amides is 1. The van der Waals surface area contributed by atoms with Crippen LogP contribution in [0.3, 0.4) is 0 Å². The number of rotatable bonds is 3. The van der Waals surface area contributed by atoms with E-state index in [1.54, 1.807) is 30.3 Å². The van der Waals surface area contributed by atoms with E-state index in [0.29, 0.717) is 33.3 Å². The maximum atomic E-state index is 12.8. The first-order chi connectivity index (χ1) is 12.1. The van der Waals surface area contributed by atoms with E-state index in [-0.39, 0.29) is 5.91 Å². The van der Waals surface area contributed by atoms with E-state index in [9.17, 15) is 4.79 Å². The van der Waals surface area contributed by atoms with Crippen molar-refractivity contribution in [3.05, 3.63) is 52.2 Å². The van der Waals surface area contributed by atoms with Crippen molar-refractivity contribution in [1.82, 2.24) is 4.98 Å². The summed E-state index contributed by atoms with van der Waals surface area (Å²) in [6, 6.07) is 10.6. The van der Waals surface area contributed by atoms with Crippen LogP contribution in [0.15, 0.2) is 30.3 Å². The summed E-state index contributed by atoms with van der Waals surface area (Å²) >= 11 is 6.22. The van der Waals surface area contributed by atoms with E-state index < -0.39 is 0 Å². The van der Waals surface area contributed by atoms with Gasteiger partial charge in [0.1, 0.15) is 5.82 Å². The van der Waals surface area contributed by atoms with Gasteiger partial charge in [0.15, 0.2) is 0 Å². The van der Waals surface area contributed by atoms with Crippen LogP contribution in [0, 0.1) is 18.3 Å². The highest BCUT2D eigenvalue weighted by atomic mass is 35.5. The number of hydrogen-bond acceptors (Lipinski definition) is 4. The number of hydrogen-bond donors (Lipinski definition) is 1. The first-order valence-electron chi connectivity index (χ1n) is 8.32. The molecule has 1 saturated heterocycles. The fourth-order valence-electron chi connectivity index (χ4n) is 2.95. The Kier molecular flexibility index (Phi) is 5.20. The summed E-state index contributed by atoms with van der Waals surface area (Å²) in [4.78, 5) is 19.5. The number of carbonyl (C=O) groups excluding carboxylic acids is 1. The zero-order valence-electron chi connectivity index (χ0n) is 14.1. The number of benzene rings is 1. The molecule has 1 amide bonds. The van der Waals surface area contributed by atoms with Crippen LogP contribution in [0.5, 0.6) is 0 Å². The Morgan fingerprint density at radius 1 is 1.28 bits per heavy atom. The minimum atomic E-state index is -0.273. The third-order valence-corrected chi connectivity index (χ3v) is 4.66. The van der Waals surface area contributed by atoms with Gasteiger partial charge < -0.3 is 10.2 Å². The first kappa shape index (κ1) is 17.2. The monoisotopic (exact) mass is 354 g/mol. The topological polar surface area (TPSA) is 69.0 Å². The number of pyridine rings is 1. The molecule has 1 aromatic heterocycles. The van der Waals surface area contributed by atoms with Gasteiger partial charge in [-0.3, -0.25) is 4.79 Å². The lowest BCUT2D eigenvalue weighted by molar-refractivity contribution is 0.102. The van der Waals surface area contributed by atoms with Crippen LogP contribution in [0.4, 0.5) is 11.5 Å². The highest BCUT2D eigenvalue weighted by Crippen LogP contribution is 2.27. The molecule has 1 aliphatic heterocycles. The van der Waals surface area contributed by atoms with Gasteiger partial charge in [-0.15, -0.1) is 0 Å². The smallest absolute Gasteiger partial charge is 0.259 e. The zero-order valence-corrected chi connectivity index (χ0v) is 14.8. The summed E-state index contributed by atoms with van der Waals surface area (Å²) in [5, 5.41) is 12.3. The molecule has 1 aromatic carbocycles. The second kappa shape index (κ2) is 7.54. The molecule has 5 nitrogen and oxygen atoms in total. The number of nitriles is 1. The lowest BCUT2D eigenvalue weighted by Crippen LogP contribution is -2.32. The van der Waals surface area contributed by atoms with Crippen LogP contribution < -0.4 is 10.2 Å². The summed E-state index contributed by atoms with van der Waals surface area (Å²) in [5.74, 6) is 0.403. The van der Waals surface area contributed by atoms with E-state index >= 15 is 0 Å². The van der Waals surface area contributed by atoms with Gasteiger partial charge in [-0.25, -0.2) is 4.98 Å². The minimum Gasteiger partial charge on any atom is -0.356 e. The van der Waals surface area contributed by atoms with Crippen molar-refractivity contribution in [2.24, 2.45) is 0 Å². The minimum absolute atomic E-state index is 0.273. The van der Waals surface area contributed by atoms with E-state index in [1.807, 2.05) is 6.92 Å². The number of aromatic nitrogens is 1. The number of halogens is 1. The number of nitrogens with zero attached hydrogens (tertiary/aromatic N) is 3. The molecule has 0 spiro atoms. The number of anilines is 2. The molecular formula is C19H19ClN4O. The number of piperidine rings is 1. The molecule has 1 aliphatic rings. The maximum Gasteiger partial charge on any atom is 0.259 e. The Balaban J connectivity index is 1.92. The molecular weight excluding hydrogens is 336 g/mol. The van der Waals surface area contributed by atoms with Crippen LogP contribution in [0.25, 0.3) is 0 Å². The van der Waals surface area contributed by atoms with E-state index in [0.717, 1.165) is 25.9 Å². The molecule has 25 heavy (non-hydrogen) atoms. The van der Waals surface area contributed by atoms with Crippen molar-refractivity contribution in [2.45, 2.75) is 26.2 Å². The lowest BCUT2D eigenvalue weighted by atomic mass is 10.1. The van der Waals surface area contributed by atoms with Gasteiger partial charge in [0.2, 0.25) is 0 Å². The first-order valence-corrected chi connectivity index (χ1v) is 8.70. The molecule has 6 heteroatoms. The second-order valence-electron chi connectivity index (χ2n) is 6.12. The Bertz CT molecular complexity index is 838. The molecule has 128 valence electrons. The van der Waals surface area contributed by atoms with Gasteiger partial charge >= 0.3 is 0 Å². The van der Waals surface area contributed by atoms with Crippen LogP contribution >= 0.6 is 11.6 Å². The van der Waals surface area contributed by atoms with Gasteiger partial charge in [0.25, 0.3) is 5.91 Å². The predicted octanol–water partition coefficient (Wildman–Crippen LogP) is 4.16. The quantitative estimate of drug-likeness (QED) is 0.898. The maximum absolute atomic E-state index is 12.8. The molecule has 3 rings (SSSR count). The van der Waals surface area contributed by atoms with Gasteiger partial charge in [-0.1, -0.05) is 17.7 Å². The van der Waals surface area contributed by atoms with Crippen molar-refractivity contribution in [3.63, 3.8) is 0 Å². The second-order valence-corrected chi connectivity index (χ2v) is 6.53. The predicted molar refractivity (Wildman–Crippen MR) is 99.2 cm³/mol. The van der Waals surface area contributed by atoms with Crippen LogP contribution in [-0.2, 0) is 0 Å². The molecule has 0 bridgehead atoms.